The van der Waals surface area contributed by atoms with Crippen LogP contribution in [0.1, 0.15) is 66.2 Å². The van der Waals surface area contributed by atoms with Crippen molar-refractivity contribution in [1.29, 1.82) is 0 Å². The van der Waals surface area contributed by atoms with Crippen LogP contribution in [-0.4, -0.2) is 79.0 Å². The zero-order chi connectivity index (χ0) is 25.6. The van der Waals surface area contributed by atoms with E-state index in [1.165, 1.54) is 0 Å². The van der Waals surface area contributed by atoms with Crippen molar-refractivity contribution in [2.45, 2.75) is 89.4 Å². The summed E-state index contributed by atoms with van der Waals surface area (Å²) in [6, 6.07) is -3.27. The van der Waals surface area contributed by atoms with Crippen molar-refractivity contribution in [2.24, 2.45) is 11.8 Å². The number of hydrogen-bond donors (Lipinski definition) is 4. The van der Waals surface area contributed by atoms with Crippen LogP contribution in [0.4, 0.5) is 9.59 Å². The Kier molecular flexibility index (Phi) is 6.64. The van der Waals surface area contributed by atoms with Gasteiger partial charge >= 0.3 is 24.0 Å². The van der Waals surface area contributed by atoms with E-state index < -0.39 is 59.0 Å². The molecule has 0 bridgehead atoms. The molecule has 12 nitrogen and oxygen atoms in total. The highest BCUT2D eigenvalue weighted by Crippen LogP contribution is 2.37. The number of carboxylic acids is 2. The number of amides is 6. The number of carboxylic acid groups (broad SMARTS) is 2. The van der Waals surface area contributed by atoms with Crippen LogP contribution in [-0.2, 0) is 19.2 Å². The molecule has 2 atom stereocenters. The molecule has 2 heterocycles. The van der Waals surface area contributed by atoms with Crippen LogP contribution in [0.3, 0.4) is 0 Å². The van der Waals surface area contributed by atoms with Crippen LogP contribution in [0.15, 0.2) is 0 Å². The Labute approximate surface area is 197 Å². The lowest BCUT2D eigenvalue weighted by Gasteiger charge is -2.22. The van der Waals surface area contributed by atoms with Crippen LogP contribution in [0, 0.1) is 11.8 Å². The summed E-state index contributed by atoms with van der Waals surface area (Å²) in [6.07, 6.45) is 4.66. The number of urea groups is 2. The molecule has 34 heavy (non-hydrogen) atoms. The molecule has 2 aliphatic heterocycles. The predicted molar refractivity (Wildman–Crippen MR) is 116 cm³/mol. The molecule has 4 fully saturated rings. The van der Waals surface area contributed by atoms with E-state index in [4.69, 9.17) is 10.2 Å². The Morgan fingerprint density at radius 1 is 0.765 bits per heavy atom. The van der Waals surface area contributed by atoms with Gasteiger partial charge in [-0.2, -0.15) is 0 Å². The second kappa shape index (κ2) is 8.88. The molecule has 0 aromatic heterocycles. The van der Waals surface area contributed by atoms with Gasteiger partial charge in [-0.3, -0.25) is 9.59 Å². The summed E-state index contributed by atoms with van der Waals surface area (Å²) in [5, 5.41) is 23.3. The standard InChI is InChI=1S/2C11H16N2O4/c2*1-11(2)9(16)13(10(17)12-11)7(8(14)15)5-6-3-4-6/h2*6-7H,3-5H2,1-2H3,(H,12,17)(H,14,15)/t2*7-/m10/s1. The summed E-state index contributed by atoms with van der Waals surface area (Å²) < 4.78 is 0. The van der Waals surface area contributed by atoms with E-state index in [1.54, 1.807) is 27.7 Å². The van der Waals surface area contributed by atoms with Gasteiger partial charge in [-0.1, -0.05) is 25.7 Å². The molecule has 0 aromatic carbocycles. The van der Waals surface area contributed by atoms with E-state index in [9.17, 15) is 28.8 Å². The van der Waals surface area contributed by atoms with Crippen molar-refractivity contribution in [3.63, 3.8) is 0 Å². The molecule has 6 amide bonds. The molecule has 4 N–H and O–H groups in total. The third-order valence-corrected chi connectivity index (χ3v) is 6.48. The van der Waals surface area contributed by atoms with Crippen LogP contribution in [0.5, 0.6) is 0 Å². The van der Waals surface area contributed by atoms with Gasteiger partial charge in [0.15, 0.2) is 0 Å². The summed E-state index contributed by atoms with van der Waals surface area (Å²) >= 11 is 0. The van der Waals surface area contributed by atoms with E-state index in [2.05, 4.69) is 10.6 Å². The van der Waals surface area contributed by atoms with Crippen molar-refractivity contribution in [3.8, 4) is 0 Å². The maximum absolute atomic E-state index is 12.0. The molecular weight excluding hydrogens is 448 g/mol. The molecule has 2 saturated heterocycles. The second-order valence-electron chi connectivity index (χ2n) is 10.5. The SMILES string of the molecule is CC1(C)NC(=O)N([C@@H](CC2CC2)C(=O)O)C1=O.CC1(C)NC(=O)N([C@H](CC2CC2)C(=O)O)C1=O. The van der Waals surface area contributed by atoms with E-state index in [0.29, 0.717) is 24.7 Å². The lowest BCUT2D eigenvalue weighted by atomic mass is 10.0. The molecule has 4 rings (SSSR count). The fourth-order valence-electron chi connectivity index (χ4n) is 4.09. The molecule has 0 spiro atoms. The van der Waals surface area contributed by atoms with Crippen LogP contribution in [0.2, 0.25) is 0 Å². The Morgan fingerprint density at radius 3 is 1.24 bits per heavy atom. The summed E-state index contributed by atoms with van der Waals surface area (Å²) in [5.41, 5.74) is -2.01. The number of carbonyl (C=O) groups excluding carboxylic acids is 4. The summed E-state index contributed by atoms with van der Waals surface area (Å²) in [4.78, 5) is 71.4. The van der Waals surface area contributed by atoms with Crippen molar-refractivity contribution < 1.29 is 39.0 Å². The summed E-state index contributed by atoms with van der Waals surface area (Å²) in [6.45, 7) is 6.29. The highest BCUT2D eigenvalue weighted by Gasteiger charge is 2.51. The molecule has 0 radical (unpaired) electrons. The second-order valence-corrected chi connectivity index (χ2v) is 10.5. The number of hydrogen-bond acceptors (Lipinski definition) is 6. The minimum atomic E-state index is -1.11. The zero-order valence-electron chi connectivity index (χ0n) is 19.8. The fourth-order valence-corrected chi connectivity index (χ4v) is 4.09. The Balaban J connectivity index is 0.000000191. The maximum Gasteiger partial charge on any atom is 0.327 e. The summed E-state index contributed by atoms with van der Waals surface area (Å²) in [5.74, 6) is -2.48. The topological polar surface area (TPSA) is 173 Å². The molecule has 4 aliphatic rings. The third kappa shape index (κ3) is 5.31. The molecule has 0 unspecified atom stereocenters. The van der Waals surface area contributed by atoms with Crippen LogP contribution < -0.4 is 10.6 Å². The predicted octanol–water partition coefficient (Wildman–Crippen LogP) is 1.14. The first-order valence-corrected chi connectivity index (χ1v) is 11.4. The van der Waals surface area contributed by atoms with Crippen molar-refractivity contribution in [2.75, 3.05) is 0 Å². The van der Waals surface area contributed by atoms with E-state index >= 15 is 0 Å². The van der Waals surface area contributed by atoms with E-state index in [1.807, 2.05) is 0 Å². The first-order valence-electron chi connectivity index (χ1n) is 11.4. The number of nitrogens with zero attached hydrogens (tertiary/aromatic N) is 2. The lowest BCUT2D eigenvalue weighted by Crippen LogP contribution is -2.47. The Hall–Kier alpha value is -3.18. The quantitative estimate of drug-likeness (QED) is 0.374. The van der Waals surface area contributed by atoms with Gasteiger partial charge in [0.1, 0.15) is 23.2 Å². The van der Waals surface area contributed by atoms with Gasteiger partial charge in [0.25, 0.3) is 11.8 Å². The largest absolute Gasteiger partial charge is 0.480 e. The van der Waals surface area contributed by atoms with Gasteiger partial charge in [0.05, 0.1) is 0 Å². The first-order chi connectivity index (χ1) is 15.7. The zero-order valence-corrected chi connectivity index (χ0v) is 19.8. The van der Waals surface area contributed by atoms with Gasteiger partial charge < -0.3 is 20.8 Å². The molecule has 0 aromatic rings. The van der Waals surface area contributed by atoms with E-state index in [0.717, 1.165) is 35.5 Å². The van der Waals surface area contributed by atoms with Crippen molar-refractivity contribution in [1.82, 2.24) is 20.4 Å². The van der Waals surface area contributed by atoms with E-state index in [-0.39, 0.29) is 0 Å². The average Bonchev–Trinajstić information content (AvgIpc) is 3.61. The molecular formula is C22H32N4O8. The number of imide groups is 2. The van der Waals surface area contributed by atoms with Gasteiger partial charge in [-0.25, -0.2) is 29.0 Å². The van der Waals surface area contributed by atoms with Crippen LogP contribution in [0.25, 0.3) is 0 Å². The Bertz CT molecular complexity index is 848. The fraction of sp³-hybridized carbons (Fsp3) is 0.727. The minimum Gasteiger partial charge on any atom is -0.480 e. The summed E-state index contributed by atoms with van der Waals surface area (Å²) in [7, 11) is 0. The molecule has 2 saturated carbocycles. The number of rotatable bonds is 8. The highest BCUT2D eigenvalue weighted by atomic mass is 16.4. The van der Waals surface area contributed by atoms with Gasteiger partial charge in [0.2, 0.25) is 0 Å². The lowest BCUT2D eigenvalue weighted by molar-refractivity contribution is -0.148. The molecule has 12 heteroatoms. The monoisotopic (exact) mass is 480 g/mol. The minimum absolute atomic E-state index is 0.334. The van der Waals surface area contributed by atoms with Crippen molar-refractivity contribution >= 4 is 35.8 Å². The smallest absolute Gasteiger partial charge is 0.327 e. The van der Waals surface area contributed by atoms with Crippen LogP contribution >= 0.6 is 0 Å². The van der Waals surface area contributed by atoms with Crippen molar-refractivity contribution in [3.05, 3.63) is 0 Å². The third-order valence-electron chi connectivity index (χ3n) is 6.48. The van der Waals surface area contributed by atoms with Gasteiger partial charge in [0, 0.05) is 0 Å². The van der Waals surface area contributed by atoms with Gasteiger partial charge in [-0.05, 0) is 52.4 Å². The van der Waals surface area contributed by atoms with Gasteiger partial charge in [-0.15, -0.1) is 0 Å². The number of aliphatic carboxylic acids is 2. The number of nitrogens with one attached hydrogen (secondary N) is 2. The molecule has 188 valence electrons. The Morgan fingerprint density at radius 2 is 1.06 bits per heavy atom. The first kappa shape index (κ1) is 25.4. The maximum atomic E-state index is 12.0. The average molecular weight is 481 g/mol. The highest BCUT2D eigenvalue weighted by molar-refractivity contribution is 6.09. The molecule has 2 aliphatic carbocycles. The normalized spacial score (nSPS) is 24.7. The number of carbonyl (C=O) groups is 6.